The lowest BCUT2D eigenvalue weighted by atomic mass is 9.71. The fourth-order valence-electron chi connectivity index (χ4n) is 3.56. The average molecular weight is 350 g/mol. The fraction of sp³-hybridized carbons (Fsp3) is 0.389. The third-order valence-corrected chi connectivity index (χ3v) is 4.93. The molecule has 0 N–H and O–H groups in total. The van der Waals surface area contributed by atoms with E-state index in [0.717, 1.165) is 0 Å². The van der Waals surface area contributed by atoms with Crippen molar-refractivity contribution in [1.82, 2.24) is 0 Å². The van der Waals surface area contributed by atoms with Gasteiger partial charge in [0.25, 0.3) is 0 Å². The summed E-state index contributed by atoms with van der Waals surface area (Å²) in [5, 5.41) is 0.189. The number of halogens is 2. The minimum atomic E-state index is -0.856. The van der Waals surface area contributed by atoms with E-state index in [1.54, 1.807) is 13.0 Å². The maximum Gasteiger partial charge on any atom is 0.315 e. The van der Waals surface area contributed by atoms with Crippen LogP contribution in [0, 0.1) is 11.7 Å². The third kappa shape index (κ3) is 2.67. The lowest BCUT2D eigenvalue weighted by molar-refractivity contribution is -0.143. The van der Waals surface area contributed by atoms with Crippen LogP contribution in [0.15, 0.2) is 34.5 Å². The quantitative estimate of drug-likeness (QED) is 0.762. The van der Waals surface area contributed by atoms with E-state index in [9.17, 15) is 14.0 Å². The van der Waals surface area contributed by atoms with Crippen LogP contribution in [0.2, 0.25) is 5.02 Å². The van der Waals surface area contributed by atoms with Crippen LogP contribution < -0.4 is 0 Å². The number of esters is 1. The van der Waals surface area contributed by atoms with Crippen molar-refractivity contribution >= 4 is 29.1 Å². The molecule has 0 spiro atoms. The molecule has 6 heteroatoms. The Morgan fingerprint density at radius 3 is 2.79 bits per heavy atom. The Morgan fingerprint density at radius 1 is 1.38 bits per heavy atom. The molecular formula is C18H17ClFNO3. The zero-order valence-electron chi connectivity index (χ0n) is 13.4. The van der Waals surface area contributed by atoms with Gasteiger partial charge in [-0.3, -0.25) is 14.6 Å². The topological polar surface area (TPSA) is 55.7 Å². The van der Waals surface area contributed by atoms with Crippen LogP contribution in [-0.4, -0.2) is 24.6 Å². The first-order valence-corrected chi connectivity index (χ1v) is 8.16. The van der Waals surface area contributed by atoms with E-state index in [1.807, 2.05) is 0 Å². The summed E-state index contributed by atoms with van der Waals surface area (Å²) in [6.45, 7) is 1.70. The summed E-state index contributed by atoms with van der Waals surface area (Å²) in [4.78, 5) is 29.4. The number of ether oxygens (including phenoxy) is 1. The first-order chi connectivity index (χ1) is 11.5. The molecule has 1 aromatic rings. The molecule has 0 fully saturated rings. The number of methoxy groups -OCH3 is 1. The number of carbonyl (C=O) groups is 2. The van der Waals surface area contributed by atoms with Crippen molar-refractivity contribution < 1.29 is 18.7 Å². The van der Waals surface area contributed by atoms with Crippen molar-refractivity contribution in [3.63, 3.8) is 0 Å². The first-order valence-electron chi connectivity index (χ1n) is 7.78. The second-order valence-electron chi connectivity index (χ2n) is 6.00. The zero-order valence-corrected chi connectivity index (χ0v) is 14.2. The molecule has 4 nitrogen and oxygen atoms in total. The van der Waals surface area contributed by atoms with E-state index >= 15 is 0 Å². The summed E-state index contributed by atoms with van der Waals surface area (Å²) in [6, 6.07) is 4.34. The van der Waals surface area contributed by atoms with Crippen LogP contribution in [0.1, 0.15) is 37.7 Å². The predicted octanol–water partition coefficient (Wildman–Crippen LogP) is 3.83. The van der Waals surface area contributed by atoms with Gasteiger partial charge in [-0.1, -0.05) is 17.7 Å². The Balaban J connectivity index is 2.27. The molecule has 0 aromatic heterocycles. The third-order valence-electron chi connectivity index (χ3n) is 4.60. The number of ketones is 1. The van der Waals surface area contributed by atoms with Crippen molar-refractivity contribution in [2.45, 2.75) is 32.1 Å². The molecule has 0 saturated carbocycles. The van der Waals surface area contributed by atoms with Crippen molar-refractivity contribution in [3.8, 4) is 0 Å². The van der Waals surface area contributed by atoms with E-state index in [1.165, 1.54) is 19.2 Å². The molecule has 0 amide bonds. The number of hydrogen-bond donors (Lipinski definition) is 0. The number of Topliss-reactive ketones (excluding diaryl/α,β-unsaturated/α-hetero) is 1. The largest absolute Gasteiger partial charge is 0.468 e. The molecule has 1 aliphatic heterocycles. The predicted molar refractivity (Wildman–Crippen MR) is 88.7 cm³/mol. The minimum absolute atomic E-state index is 0.106. The molecule has 0 bridgehead atoms. The van der Waals surface area contributed by atoms with Gasteiger partial charge in [-0.25, -0.2) is 4.39 Å². The highest BCUT2D eigenvalue weighted by molar-refractivity contribution is 6.31. The lowest BCUT2D eigenvalue weighted by Crippen LogP contribution is -2.37. The van der Waals surface area contributed by atoms with Crippen molar-refractivity contribution in [2.75, 3.05) is 7.11 Å². The number of allylic oxidation sites excluding steroid dienone is 2. The lowest BCUT2D eigenvalue weighted by Gasteiger charge is -2.34. The van der Waals surface area contributed by atoms with Crippen LogP contribution in [0.4, 0.5) is 4.39 Å². The van der Waals surface area contributed by atoms with E-state index < -0.39 is 23.6 Å². The molecule has 0 radical (unpaired) electrons. The summed E-state index contributed by atoms with van der Waals surface area (Å²) in [5.41, 5.74) is 1.70. The molecule has 2 aliphatic rings. The second kappa shape index (κ2) is 6.48. The number of nitrogens with zero attached hydrogens (tertiary/aromatic N) is 1. The molecule has 24 heavy (non-hydrogen) atoms. The number of aliphatic imine (C=N–C) groups is 1. The maximum atomic E-state index is 14.6. The monoisotopic (exact) mass is 349 g/mol. The van der Waals surface area contributed by atoms with Gasteiger partial charge in [0.15, 0.2) is 5.78 Å². The van der Waals surface area contributed by atoms with Crippen molar-refractivity contribution in [3.05, 3.63) is 45.9 Å². The number of benzene rings is 1. The molecule has 0 saturated heterocycles. The Morgan fingerprint density at radius 2 is 2.12 bits per heavy atom. The summed E-state index contributed by atoms with van der Waals surface area (Å²) in [6.07, 6.45) is 1.70. The maximum absolute atomic E-state index is 14.6. The summed E-state index contributed by atoms with van der Waals surface area (Å²) < 4.78 is 19.5. The van der Waals surface area contributed by atoms with Crippen LogP contribution in [0.5, 0.6) is 0 Å². The van der Waals surface area contributed by atoms with Crippen molar-refractivity contribution in [1.29, 1.82) is 0 Å². The Hall–Kier alpha value is -2.01. The summed E-state index contributed by atoms with van der Waals surface area (Å²) >= 11 is 6.24. The van der Waals surface area contributed by atoms with Gasteiger partial charge in [0.2, 0.25) is 0 Å². The zero-order chi connectivity index (χ0) is 17.4. The Bertz CT molecular complexity index is 764. The number of rotatable bonds is 2. The molecule has 1 unspecified atom stereocenters. The highest BCUT2D eigenvalue weighted by Crippen LogP contribution is 2.46. The standard InChI is InChI=1S/C18H17ClFNO3/c1-9-14(18(23)24-2)17(15-10(19)5-3-6-11(15)20)16-12(21-9)7-4-8-13(16)22/h3,5-6,14,17H,4,7-8H2,1-2H3/t14?,17-/m0/s1. The Labute approximate surface area is 144 Å². The van der Waals surface area contributed by atoms with Crippen LogP contribution >= 0.6 is 11.6 Å². The smallest absolute Gasteiger partial charge is 0.315 e. The van der Waals surface area contributed by atoms with Gasteiger partial charge in [-0.2, -0.15) is 0 Å². The molecule has 126 valence electrons. The minimum Gasteiger partial charge on any atom is -0.468 e. The van der Waals surface area contributed by atoms with Crippen LogP contribution in [-0.2, 0) is 14.3 Å². The van der Waals surface area contributed by atoms with Gasteiger partial charge < -0.3 is 4.74 Å². The van der Waals surface area contributed by atoms with Crippen LogP contribution in [0.3, 0.4) is 0 Å². The van der Waals surface area contributed by atoms with Gasteiger partial charge in [0, 0.05) is 39.9 Å². The van der Waals surface area contributed by atoms with E-state index in [2.05, 4.69) is 4.99 Å². The molecule has 1 heterocycles. The second-order valence-corrected chi connectivity index (χ2v) is 6.41. The van der Waals surface area contributed by atoms with Gasteiger partial charge in [0.05, 0.1) is 7.11 Å². The van der Waals surface area contributed by atoms with Crippen molar-refractivity contribution in [2.24, 2.45) is 10.9 Å². The Kier molecular flexibility index (Phi) is 4.54. The van der Waals surface area contributed by atoms with Gasteiger partial charge in [-0.15, -0.1) is 0 Å². The molecule has 1 aromatic carbocycles. The first kappa shape index (κ1) is 16.8. The molecule has 2 atom stereocenters. The van der Waals surface area contributed by atoms with E-state index in [-0.39, 0.29) is 16.4 Å². The summed E-state index contributed by atoms with van der Waals surface area (Å²) in [7, 11) is 1.27. The number of carbonyl (C=O) groups excluding carboxylic acids is 2. The fourth-order valence-corrected chi connectivity index (χ4v) is 3.84. The molecular weight excluding hydrogens is 333 g/mol. The highest BCUT2D eigenvalue weighted by atomic mass is 35.5. The molecule has 3 rings (SSSR count). The van der Waals surface area contributed by atoms with Gasteiger partial charge in [0.1, 0.15) is 11.7 Å². The normalized spacial score (nSPS) is 23.7. The van der Waals surface area contributed by atoms with Gasteiger partial charge in [-0.05, 0) is 31.9 Å². The summed E-state index contributed by atoms with van der Waals surface area (Å²) in [5.74, 6) is -2.85. The SMILES string of the molecule is COC(=O)C1C(C)=NC2=C(C(=O)CCC2)[C@@H]1c1c(F)cccc1Cl. The van der Waals surface area contributed by atoms with Crippen LogP contribution in [0.25, 0.3) is 0 Å². The molecule has 1 aliphatic carbocycles. The van der Waals surface area contributed by atoms with E-state index in [0.29, 0.717) is 36.2 Å². The van der Waals surface area contributed by atoms with Gasteiger partial charge >= 0.3 is 5.97 Å². The van der Waals surface area contributed by atoms with E-state index in [4.69, 9.17) is 16.3 Å². The highest BCUT2D eigenvalue weighted by Gasteiger charge is 2.44. The average Bonchev–Trinajstić information content (AvgIpc) is 2.53. The number of hydrogen-bond acceptors (Lipinski definition) is 4.